The zero-order chi connectivity index (χ0) is 14.7. The summed E-state index contributed by atoms with van der Waals surface area (Å²) >= 11 is 3.48. The molecule has 108 valence electrons. The Morgan fingerprint density at radius 3 is 2.62 bits per heavy atom. The third-order valence-electron chi connectivity index (χ3n) is 3.22. The second-order valence-corrected chi connectivity index (χ2v) is 5.76. The lowest BCUT2D eigenvalue weighted by Crippen LogP contribution is -2.03. The Hall–Kier alpha value is -1.78. The lowest BCUT2D eigenvalue weighted by atomic mass is 10.1. The summed E-state index contributed by atoms with van der Waals surface area (Å²) < 4.78 is 12.5. The topological polar surface area (TPSA) is 34.4 Å². The van der Waals surface area contributed by atoms with Crippen molar-refractivity contribution in [2.24, 2.45) is 0 Å². The molecule has 0 fully saturated rings. The molecule has 0 saturated heterocycles. The summed E-state index contributed by atoms with van der Waals surface area (Å²) in [6.45, 7) is 1.16. The quantitative estimate of drug-likeness (QED) is 0.739. The van der Waals surface area contributed by atoms with Gasteiger partial charge in [-0.1, -0.05) is 28.1 Å². The Morgan fingerprint density at radius 2 is 1.76 bits per heavy atom. The van der Waals surface area contributed by atoms with Gasteiger partial charge in [0.2, 0.25) is 0 Å². The van der Waals surface area contributed by atoms with E-state index in [2.05, 4.69) is 39.4 Å². The SMILES string of the molecule is CNCc1ccc(COc2ccc3cc(Br)ccc3c2)o1. The van der Waals surface area contributed by atoms with Gasteiger partial charge >= 0.3 is 0 Å². The molecule has 1 heterocycles. The van der Waals surface area contributed by atoms with E-state index < -0.39 is 0 Å². The molecule has 3 rings (SSSR count). The average Bonchev–Trinajstić information content (AvgIpc) is 2.93. The van der Waals surface area contributed by atoms with Crippen molar-refractivity contribution in [2.45, 2.75) is 13.2 Å². The lowest BCUT2D eigenvalue weighted by molar-refractivity contribution is 0.265. The van der Waals surface area contributed by atoms with Crippen LogP contribution in [0.4, 0.5) is 0 Å². The Bertz CT molecular complexity index is 751. The molecule has 1 N–H and O–H groups in total. The molecule has 0 amide bonds. The van der Waals surface area contributed by atoms with E-state index in [1.807, 2.05) is 37.4 Å². The molecular weight excluding hydrogens is 330 g/mol. The van der Waals surface area contributed by atoms with E-state index in [1.54, 1.807) is 0 Å². The number of hydrogen-bond donors (Lipinski definition) is 1. The molecule has 1 aromatic heterocycles. The Labute approximate surface area is 132 Å². The minimum Gasteiger partial charge on any atom is -0.486 e. The van der Waals surface area contributed by atoms with Crippen LogP contribution in [0.15, 0.2) is 57.4 Å². The molecule has 0 aliphatic carbocycles. The van der Waals surface area contributed by atoms with Crippen LogP contribution in [0.25, 0.3) is 10.8 Å². The van der Waals surface area contributed by atoms with Gasteiger partial charge in [0.25, 0.3) is 0 Å². The van der Waals surface area contributed by atoms with Crippen LogP contribution >= 0.6 is 15.9 Å². The van der Waals surface area contributed by atoms with Crippen molar-refractivity contribution < 1.29 is 9.15 Å². The monoisotopic (exact) mass is 345 g/mol. The maximum atomic E-state index is 5.80. The number of furan rings is 1. The first kappa shape index (κ1) is 14.2. The summed E-state index contributed by atoms with van der Waals surface area (Å²) in [7, 11) is 1.89. The largest absolute Gasteiger partial charge is 0.486 e. The predicted octanol–water partition coefficient (Wildman–Crippen LogP) is 4.49. The van der Waals surface area contributed by atoms with Crippen molar-refractivity contribution in [3.05, 3.63) is 64.5 Å². The van der Waals surface area contributed by atoms with E-state index in [4.69, 9.17) is 9.15 Å². The molecule has 21 heavy (non-hydrogen) atoms. The van der Waals surface area contributed by atoms with Crippen LogP contribution in [0.5, 0.6) is 5.75 Å². The van der Waals surface area contributed by atoms with Gasteiger partial charge in [-0.05, 0) is 54.2 Å². The molecule has 0 atom stereocenters. The average molecular weight is 346 g/mol. The highest BCUT2D eigenvalue weighted by atomic mass is 79.9. The van der Waals surface area contributed by atoms with Crippen LogP contribution < -0.4 is 10.1 Å². The fourth-order valence-electron chi connectivity index (χ4n) is 2.21. The van der Waals surface area contributed by atoms with Crippen LogP contribution in [0, 0.1) is 0 Å². The van der Waals surface area contributed by atoms with E-state index in [1.165, 1.54) is 5.39 Å². The van der Waals surface area contributed by atoms with Gasteiger partial charge < -0.3 is 14.5 Å². The molecule has 0 bridgehead atoms. The van der Waals surface area contributed by atoms with Crippen LogP contribution in [-0.4, -0.2) is 7.05 Å². The van der Waals surface area contributed by atoms with Gasteiger partial charge in [0.05, 0.1) is 6.54 Å². The van der Waals surface area contributed by atoms with E-state index >= 15 is 0 Å². The lowest BCUT2D eigenvalue weighted by Gasteiger charge is -2.06. The van der Waals surface area contributed by atoms with Crippen LogP contribution in [-0.2, 0) is 13.2 Å². The van der Waals surface area contributed by atoms with E-state index in [0.29, 0.717) is 6.61 Å². The van der Waals surface area contributed by atoms with E-state index in [0.717, 1.165) is 33.7 Å². The number of benzene rings is 2. The Kier molecular flexibility index (Phi) is 4.27. The number of fused-ring (bicyclic) bond motifs is 1. The molecule has 0 radical (unpaired) electrons. The Morgan fingerprint density at radius 1 is 1.00 bits per heavy atom. The van der Waals surface area contributed by atoms with Crippen molar-refractivity contribution in [1.82, 2.24) is 5.32 Å². The highest BCUT2D eigenvalue weighted by Crippen LogP contribution is 2.24. The van der Waals surface area contributed by atoms with Crippen molar-refractivity contribution in [3.8, 4) is 5.75 Å². The van der Waals surface area contributed by atoms with Gasteiger partial charge in [0, 0.05) is 4.47 Å². The summed E-state index contributed by atoms with van der Waals surface area (Å²) in [5.41, 5.74) is 0. The molecule has 0 aliphatic heterocycles. The van der Waals surface area contributed by atoms with Gasteiger partial charge in [-0.3, -0.25) is 0 Å². The molecule has 3 aromatic rings. The molecule has 0 saturated carbocycles. The Balaban J connectivity index is 1.70. The molecule has 3 nitrogen and oxygen atoms in total. The predicted molar refractivity (Wildman–Crippen MR) is 87.5 cm³/mol. The number of nitrogens with one attached hydrogen (secondary N) is 1. The van der Waals surface area contributed by atoms with Gasteiger partial charge in [-0.2, -0.15) is 0 Å². The molecule has 2 aromatic carbocycles. The first-order valence-corrected chi connectivity index (χ1v) is 7.58. The summed E-state index contributed by atoms with van der Waals surface area (Å²) in [5, 5.41) is 5.40. The van der Waals surface area contributed by atoms with Gasteiger partial charge in [0.15, 0.2) is 0 Å². The molecule has 0 unspecified atom stereocenters. The van der Waals surface area contributed by atoms with Crippen LogP contribution in [0.3, 0.4) is 0 Å². The fraction of sp³-hybridized carbons (Fsp3) is 0.176. The van der Waals surface area contributed by atoms with Gasteiger partial charge in [-0.15, -0.1) is 0 Å². The van der Waals surface area contributed by atoms with Gasteiger partial charge in [-0.25, -0.2) is 0 Å². The molecule has 4 heteroatoms. The van der Waals surface area contributed by atoms with Crippen molar-refractivity contribution in [2.75, 3.05) is 7.05 Å². The highest BCUT2D eigenvalue weighted by molar-refractivity contribution is 9.10. The smallest absolute Gasteiger partial charge is 0.146 e. The summed E-state index contributed by atoms with van der Waals surface area (Å²) in [4.78, 5) is 0. The number of hydrogen-bond acceptors (Lipinski definition) is 3. The molecule has 0 spiro atoms. The summed E-state index contributed by atoms with van der Waals surface area (Å²) in [6, 6.07) is 16.2. The van der Waals surface area contributed by atoms with Gasteiger partial charge in [0.1, 0.15) is 23.9 Å². The zero-order valence-corrected chi connectivity index (χ0v) is 13.3. The maximum Gasteiger partial charge on any atom is 0.146 e. The third kappa shape index (κ3) is 3.46. The molecule has 0 aliphatic rings. The molecular formula is C17H16BrNO2. The fourth-order valence-corrected chi connectivity index (χ4v) is 2.59. The van der Waals surface area contributed by atoms with Crippen molar-refractivity contribution in [3.63, 3.8) is 0 Å². The first-order chi connectivity index (χ1) is 10.2. The second kappa shape index (κ2) is 6.33. The first-order valence-electron chi connectivity index (χ1n) is 6.79. The third-order valence-corrected chi connectivity index (χ3v) is 3.72. The van der Waals surface area contributed by atoms with Crippen molar-refractivity contribution in [1.29, 1.82) is 0 Å². The number of ether oxygens (including phenoxy) is 1. The highest BCUT2D eigenvalue weighted by Gasteiger charge is 2.03. The van der Waals surface area contributed by atoms with E-state index in [-0.39, 0.29) is 0 Å². The second-order valence-electron chi connectivity index (χ2n) is 4.84. The number of rotatable bonds is 5. The maximum absolute atomic E-state index is 5.80. The number of halogens is 1. The standard InChI is InChI=1S/C17H16BrNO2/c1-19-10-16-6-7-17(21-16)11-20-15-5-3-12-8-14(18)4-2-13(12)9-15/h2-9,19H,10-11H2,1H3. The zero-order valence-electron chi connectivity index (χ0n) is 11.7. The van der Waals surface area contributed by atoms with E-state index in [9.17, 15) is 0 Å². The van der Waals surface area contributed by atoms with Crippen LogP contribution in [0.1, 0.15) is 11.5 Å². The van der Waals surface area contributed by atoms with Crippen LogP contribution in [0.2, 0.25) is 0 Å². The minimum absolute atomic E-state index is 0.436. The van der Waals surface area contributed by atoms with Crippen molar-refractivity contribution >= 4 is 26.7 Å². The summed E-state index contributed by atoms with van der Waals surface area (Å²) in [6.07, 6.45) is 0. The minimum atomic E-state index is 0.436. The normalized spacial score (nSPS) is 11.0. The summed E-state index contributed by atoms with van der Waals surface area (Å²) in [5.74, 6) is 2.59.